The summed E-state index contributed by atoms with van der Waals surface area (Å²) in [6.07, 6.45) is 2.29. The van der Waals surface area contributed by atoms with Crippen molar-refractivity contribution in [3.8, 4) is 0 Å². The molecular weight excluding hydrogens is 262 g/mol. The van der Waals surface area contributed by atoms with Gasteiger partial charge in [0.05, 0.1) is 13.3 Å². The lowest BCUT2D eigenvalue weighted by atomic mass is 10.2. The van der Waals surface area contributed by atoms with Crippen molar-refractivity contribution in [3.05, 3.63) is 11.9 Å². The van der Waals surface area contributed by atoms with Crippen LogP contribution in [0.3, 0.4) is 0 Å². The van der Waals surface area contributed by atoms with E-state index in [2.05, 4.69) is 15.6 Å². The van der Waals surface area contributed by atoms with Crippen LogP contribution in [0.5, 0.6) is 0 Å². The van der Waals surface area contributed by atoms with Gasteiger partial charge in [0.15, 0.2) is 6.04 Å². The van der Waals surface area contributed by atoms with Crippen LogP contribution in [0.2, 0.25) is 0 Å². The van der Waals surface area contributed by atoms with E-state index in [0.717, 1.165) is 6.54 Å². The minimum atomic E-state index is -0.622. The molecule has 1 atom stereocenters. The Kier molecular flexibility index (Phi) is 7.13. The fourth-order valence-electron chi connectivity index (χ4n) is 1.65. The summed E-state index contributed by atoms with van der Waals surface area (Å²) in [4.78, 5) is 13.8. The van der Waals surface area contributed by atoms with Crippen molar-refractivity contribution in [2.24, 2.45) is 0 Å². The number of hydrogen-bond acceptors (Lipinski definition) is 7. The number of hydrogen-bond donors (Lipinski definition) is 2. The molecule has 8 nitrogen and oxygen atoms in total. The number of aromatic nitrogens is 3. The second-order valence-electron chi connectivity index (χ2n) is 4.70. The molecular formula is C12H23N5O3. The second-order valence-corrected chi connectivity index (χ2v) is 4.70. The van der Waals surface area contributed by atoms with Crippen LogP contribution in [0.4, 0.5) is 0 Å². The number of rotatable bonds is 9. The highest BCUT2D eigenvalue weighted by Crippen LogP contribution is 2.11. The molecule has 0 aliphatic rings. The molecule has 0 aliphatic carbocycles. The van der Waals surface area contributed by atoms with Crippen molar-refractivity contribution in [1.82, 2.24) is 25.2 Å². The number of aliphatic hydroxyl groups excluding tert-OH is 1. The SMILES string of the molecule is COC(=O)C(NCCN(C)C)c1cn(CCCO)nn1. The van der Waals surface area contributed by atoms with Gasteiger partial charge in [-0.25, -0.2) is 4.79 Å². The Morgan fingerprint density at radius 3 is 2.95 bits per heavy atom. The lowest BCUT2D eigenvalue weighted by Crippen LogP contribution is -2.34. The van der Waals surface area contributed by atoms with Gasteiger partial charge >= 0.3 is 5.97 Å². The maximum absolute atomic E-state index is 11.8. The Morgan fingerprint density at radius 2 is 2.35 bits per heavy atom. The van der Waals surface area contributed by atoms with E-state index in [-0.39, 0.29) is 6.61 Å². The van der Waals surface area contributed by atoms with Crippen LogP contribution in [-0.2, 0) is 16.1 Å². The van der Waals surface area contributed by atoms with Crippen LogP contribution >= 0.6 is 0 Å². The first-order valence-electron chi connectivity index (χ1n) is 6.55. The highest BCUT2D eigenvalue weighted by molar-refractivity contribution is 5.76. The van der Waals surface area contributed by atoms with Gasteiger partial charge in [-0.2, -0.15) is 0 Å². The lowest BCUT2D eigenvalue weighted by molar-refractivity contribution is -0.143. The Hall–Kier alpha value is -1.51. The number of ether oxygens (including phenoxy) is 1. The van der Waals surface area contributed by atoms with Crippen LogP contribution in [0.25, 0.3) is 0 Å². The summed E-state index contributed by atoms with van der Waals surface area (Å²) >= 11 is 0. The molecule has 1 aromatic heterocycles. The van der Waals surface area contributed by atoms with Crippen LogP contribution in [-0.4, -0.2) is 71.9 Å². The summed E-state index contributed by atoms with van der Waals surface area (Å²) < 4.78 is 6.39. The molecule has 0 bridgehead atoms. The van der Waals surface area contributed by atoms with Crippen LogP contribution in [0.15, 0.2) is 6.20 Å². The molecule has 0 fully saturated rings. The first kappa shape index (κ1) is 16.5. The number of carbonyl (C=O) groups is 1. The summed E-state index contributed by atoms with van der Waals surface area (Å²) in [5, 5.41) is 19.8. The van der Waals surface area contributed by atoms with E-state index in [0.29, 0.717) is 25.2 Å². The predicted molar refractivity (Wildman–Crippen MR) is 73.0 cm³/mol. The first-order chi connectivity index (χ1) is 9.58. The van der Waals surface area contributed by atoms with Crippen LogP contribution < -0.4 is 5.32 Å². The Labute approximate surface area is 118 Å². The largest absolute Gasteiger partial charge is 0.468 e. The van der Waals surface area contributed by atoms with Crippen molar-refractivity contribution < 1.29 is 14.6 Å². The van der Waals surface area contributed by atoms with E-state index in [1.54, 1.807) is 10.9 Å². The average molecular weight is 285 g/mol. The molecule has 114 valence electrons. The number of nitrogens with zero attached hydrogens (tertiary/aromatic N) is 4. The predicted octanol–water partition coefficient (Wildman–Crippen LogP) is -0.974. The molecule has 1 unspecified atom stereocenters. The van der Waals surface area contributed by atoms with Gasteiger partial charge in [0.25, 0.3) is 0 Å². The monoisotopic (exact) mass is 285 g/mol. The molecule has 0 radical (unpaired) electrons. The van der Waals surface area contributed by atoms with Crippen molar-refractivity contribution in [1.29, 1.82) is 0 Å². The molecule has 20 heavy (non-hydrogen) atoms. The highest BCUT2D eigenvalue weighted by atomic mass is 16.5. The van der Waals surface area contributed by atoms with Gasteiger partial charge in [-0.15, -0.1) is 5.10 Å². The number of carbonyl (C=O) groups excluding carboxylic acids is 1. The maximum atomic E-state index is 11.8. The van der Waals surface area contributed by atoms with E-state index in [4.69, 9.17) is 9.84 Å². The molecule has 0 aliphatic heterocycles. The number of likely N-dealkylation sites (N-methyl/N-ethyl adjacent to an activating group) is 1. The van der Waals surface area contributed by atoms with Crippen LogP contribution in [0.1, 0.15) is 18.2 Å². The van der Waals surface area contributed by atoms with Crippen molar-refractivity contribution in [3.63, 3.8) is 0 Å². The third kappa shape index (κ3) is 5.24. The summed E-state index contributed by atoms with van der Waals surface area (Å²) in [6.45, 7) is 2.09. The number of nitrogens with one attached hydrogen (secondary N) is 1. The molecule has 0 spiro atoms. The summed E-state index contributed by atoms with van der Waals surface area (Å²) in [5.41, 5.74) is 0.522. The molecule has 0 amide bonds. The molecule has 2 N–H and O–H groups in total. The summed E-state index contributed by atoms with van der Waals surface area (Å²) in [5.74, 6) is -0.391. The number of esters is 1. The fourth-order valence-corrected chi connectivity index (χ4v) is 1.65. The minimum absolute atomic E-state index is 0.0940. The fraction of sp³-hybridized carbons (Fsp3) is 0.750. The zero-order valence-corrected chi connectivity index (χ0v) is 12.2. The van der Waals surface area contributed by atoms with Crippen molar-refractivity contribution >= 4 is 5.97 Å². The van der Waals surface area contributed by atoms with Gasteiger partial charge in [-0.1, -0.05) is 5.21 Å². The van der Waals surface area contributed by atoms with Gasteiger partial charge in [-0.3, -0.25) is 10.00 Å². The Morgan fingerprint density at radius 1 is 1.60 bits per heavy atom. The molecule has 0 saturated carbocycles. The molecule has 0 aromatic carbocycles. The Balaban J connectivity index is 2.66. The number of aliphatic hydroxyl groups is 1. The van der Waals surface area contributed by atoms with E-state index in [1.165, 1.54) is 7.11 Å². The smallest absolute Gasteiger partial charge is 0.329 e. The van der Waals surface area contributed by atoms with Crippen molar-refractivity contribution in [2.45, 2.75) is 19.0 Å². The zero-order valence-electron chi connectivity index (χ0n) is 12.2. The Bertz CT molecular complexity index is 408. The molecule has 8 heteroatoms. The molecule has 1 heterocycles. The topological polar surface area (TPSA) is 92.5 Å². The van der Waals surface area contributed by atoms with Crippen LogP contribution in [0, 0.1) is 0 Å². The highest BCUT2D eigenvalue weighted by Gasteiger charge is 2.24. The normalized spacial score (nSPS) is 12.7. The van der Waals surface area contributed by atoms with Gasteiger partial charge < -0.3 is 14.7 Å². The maximum Gasteiger partial charge on any atom is 0.329 e. The van der Waals surface area contributed by atoms with E-state index < -0.39 is 12.0 Å². The summed E-state index contributed by atoms with van der Waals surface area (Å²) in [6, 6.07) is -0.622. The second kappa shape index (κ2) is 8.62. The zero-order chi connectivity index (χ0) is 15.0. The van der Waals surface area contributed by atoms with Gasteiger partial charge in [0.2, 0.25) is 0 Å². The third-order valence-corrected chi connectivity index (χ3v) is 2.74. The standard InChI is InChI=1S/C12H23N5O3/c1-16(2)7-5-13-11(12(19)20-3)10-9-17(15-14-10)6-4-8-18/h9,11,13,18H,4-8H2,1-3H3. The summed E-state index contributed by atoms with van der Waals surface area (Å²) in [7, 11) is 5.26. The average Bonchev–Trinajstić information content (AvgIpc) is 2.88. The van der Waals surface area contributed by atoms with Gasteiger partial charge in [0, 0.05) is 26.2 Å². The number of methoxy groups -OCH3 is 1. The van der Waals surface area contributed by atoms with E-state index in [9.17, 15) is 4.79 Å². The van der Waals surface area contributed by atoms with Crippen molar-refractivity contribution in [2.75, 3.05) is 40.9 Å². The van der Waals surface area contributed by atoms with E-state index in [1.807, 2.05) is 19.0 Å². The first-order valence-corrected chi connectivity index (χ1v) is 6.55. The van der Waals surface area contributed by atoms with E-state index >= 15 is 0 Å². The third-order valence-electron chi connectivity index (χ3n) is 2.74. The lowest BCUT2D eigenvalue weighted by Gasteiger charge is -2.16. The molecule has 1 rings (SSSR count). The van der Waals surface area contributed by atoms with Gasteiger partial charge in [-0.05, 0) is 20.5 Å². The number of aryl methyl sites for hydroxylation is 1. The molecule has 1 aromatic rings. The quantitative estimate of drug-likeness (QED) is 0.564. The molecule has 0 saturated heterocycles. The minimum Gasteiger partial charge on any atom is -0.468 e. The van der Waals surface area contributed by atoms with Gasteiger partial charge in [0.1, 0.15) is 5.69 Å².